The number of hydrogen-bond donors (Lipinski definition) is 0. The zero-order valence-electron chi connectivity index (χ0n) is 16.3. The van der Waals surface area contributed by atoms with Crippen LogP contribution in [0.5, 0.6) is 0 Å². The topological polar surface area (TPSA) is 43.9 Å². The molecule has 6 heteroatoms. The van der Waals surface area contributed by atoms with Gasteiger partial charge in [-0.1, -0.05) is 24.3 Å². The van der Waals surface area contributed by atoms with E-state index in [-0.39, 0.29) is 17.7 Å². The largest absolute Gasteiger partial charge is 0.368 e. The van der Waals surface area contributed by atoms with Gasteiger partial charge in [-0.15, -0.1) is 11.3 Å². The van der Waals surface area contributed by atoms with Crippen LogP contribution in [0.4, 0.5) is 5.69 Å². The van der Waals surface area contributed by atoms with Gasteiger partial charge in [0.2, 0.25) is 5.91 Å². The zero-order chi connectivity index (χ0) is 19.5. The Morgan fingerprint density at radius 3 is 2.25 bits per heavy atom. The molecular weight excluding hydrogens is 370 g/mol. The van der Waals surface area contributed by atoms with Crippen LogP contribution in [-0.2, 0) is 4.79 Å². The summed E-state index contributed by atoms with van der Waals surface area (Å²) >= 11 is 1.48. The SMILES string of the molecule is Cc1ccccc1N1CCN(C(=O)C2CCN(C(=O)c3cccs3)CC2)CC1. The van der Waals surface area contributed by atoms with Crippen LogP contribution in [0.15, 0.2) is 41.8 Å². The molecule has 0 N–H and O–H groups in total. The number of piperidine rings is 1. The van der Waals surface area contributed by atoms with Gasteiger partial charge in [0.05, 0.1) is 4.88 Å². The number of amides is 2. The fourth-order valence-electron chi connectivity index (χ4n) is 4.23. The number of rotatable bonds is 3. The van der Waals surface area contributed by atoms with Crippen LogP contribution in [0.25, 0.3) is 0 Å². The number of anilines is 1. The van der Waals surface area contributed by atoms with E-state index in [1.54, 1.807) is 0 Å². The normalized spacial score (nSPS) is 18.4. The molecule has 0 bridgehead atoms. The summed E-state index contributed by atoms with van der Waals surface area (Å²) in [6.45, 7) is 6.81. The molecule has 3 heterocycles. The van der Waals surface area contributed by atoms with Crippen LogP contribution in [0.1, 0.15) is 28.1 Å². The van der Waals surface area contributed by atoms with Gasteiger partial charge < -0.3 is 14.7 Å². The number of aryl methyl sites for hydroxylation is 1. The van der Waals surface area contributed by atoms with Crippen LogP contribution in [-0.4, -0.2) is 60.9 Å². The second-order valence-electron chi connectivity index (χ2n) is 7.64. The van der Waals surface area contributed by atoms with Crippen LogP contribution < -0.4 is 4.90 Å². The van der Waals surface area contributed by atoms with Crippen molar-refractivity contribution in [3.63, 3.8) is 0 Å². The van der Waals surface area contributed by atoms with Gasteiger partial charge in [-0.25, -0.2) is 0 Å². The summed E-state index contributed by atoms with van der Waals surface area (Å²) in [6.07, 6.45) is 1.54. The lowest BCUT2D eigenvalue weighted by Gasteiger charge is -2.39. The van der Waals surface area contributed by atoms with Gasteiger partial charge in [-0.3, -0.25) is 9.59 Å². The maximum atomic E-state index is 13.0. The molecule has 1 aromatic carbocycles. The molecule has 2 fully saturated rings. The van der Waals surface area contributed by atoms with Crippen molar-refractivity contribution in [2.24, 2.45) is 5.92 Å². The first-order valence-corrected chi connectivity index (χ1v) is 10.9. The summed E-state index contributed by atoms with van der Waals surface area (Å²) in [7, 11) is 0. The van der Waals surface area contributed by atoms with E-state index in [4.69, 9.17) is 0 Å². The maximum Gasteiger partial charge on any atom is 0.263 e. The van der Waals surface area contributed by atoms with Gasteiger partial charge in [0.25, 0.3) is 5.91 Å². The molecule has 5 nitrogen and oxygen atoms in total. The molecule has 28 heavy (non-hydrogen) atoms. The van der Waals surface area contributed by atoms with Crippen molar-refractivity contribution >= 4 is 28.8 Å². The van der Waals surface area contributed by atoms with Crippen molar-refractivity contribution in [3.05, 3.63) is 52.2 Å². The molecule has 0 spiro atoms. The fourth-order valence-corrected chi connectivity index (χ4v) is 4.92. The fraction of sp³-hybridized carbons (Fsp3) is 0.455. The van der Waals surface area contributed by atoms with Crippen molar-refractivity contribution in [1.29, 1.82) is 0 Å². The number of benzene rings is 1. The molecule has 0 aliphatic carbocycles. The van der Waals surface area contributed by atoms with Gasteiger partial charge in [-0.2, -0.15) is 0 Å². The Morgan fingerprint density at radius 1 is 0.893 bits per heavy atom. The zero-order valence-corrected chi connectivity index (χ0v) is 17.2. The molecule has 1 aromatic heterocycles. The third-order valence-electron chi connectivity index (χ3n) is 5.91. The molecule has 2 aliphatic heterocycles. The van der Waals surface area contributed by atoms with Crippen molar-refractivity contribution in [2.45, 2.75) is 19.8 Å². The number of nitrogens with zero attached hydrogens (tertiary/aromatic N) is 3. The lowest BCUT2D eigenvalue weighted by Crippen LogP contribution is -2.52. The highest BCUT2D eigenvalue weighted by atomic mass is 32.1. The van der Waals surface area contributed by atoms with Crippen LogP contribution in [0.2, 0.25) is 0 Å². The maximum absolute atomic E-state index is 13.0. The van der Waals surface area contributed by atoms with Crippen LogP contribution in [0.3, 0.4) is 0 Å². The van der Waals surface area contributed by atoms with E-state index in [2.05, 4.69) is 36.1 Å². The average molecular weight is 398 g/mol. The average Bonchev–Trinajstić information content (AvgIpc) is 3.28. The lowest BCUT2D eigenvalue weighted by atomic mass is 9.94. The number of piperazine rings is 1. The monoisotopic (exact) mass is 397 g/mol. The number of carbonyl (C=O) groups is 2. The molecule has 2 saturated heterocycles. The first-order valence-electron chi connectivity index (χ1n) is 10.1. The third kappa shape index (κ3) is 3.92. The molecule has 148 valence electrons. The smallest absolute Gasteiger partial charge is 0.263 e. The van der Waals surface area contributed by atoms with E-state index in [1.165, 1.54) is 22.6 Å². The number of thiophene rings is 1. The van der Waals surface area contributed by atoms with Gasteiger partial charge in [0.15, 0.2) is 0 Å². The minimum Gasteiger partial charge on any atom is -0.368 e. The number of para-hydroxylation sites is 1. The van der Waals surface area contributed by atoms with E-state index < -0.39 is 0 Å². The van der Waals surface area contributed by atoms with E-state index in [1.807, 2.05) is 27.3 Å². The Kier molecular flexibility index (Phi) is 5.67. The summed E-state index contributed by atoms with van der Waals surface area (Å²) in [4.78, 5) is 32.5. The Balaban J connectivity index is 1.28. The Morgan fingerprint density at radius 2 is 1.61 bits per heavy atom. The van der Waals surface area contributed by atoms with Crippen LogP contribution in [0, 0.1) is 12.8 Å². The summed E-state index contributed by atoms with van der Waals surface area (Å²) in [6, 6.07) is 12.2. The second kappa shape index (κ2) is 8.35. The molecular formula is C22H27N3O2S. The molecule has 0 unspecified atom stereocenters. The summed E-state index contributed by atoms with van der Waals surface area (Å²) in [5.74, 6) is 0.429. The Bertz CT molecular complexity index is 820. The van der Waals surface area contributed by atoms with Gasteiger partial charge in [0.1, 0.15) is 0 Å². The van der Waals surface area contributed by atoms with Crippen molar-refractivity contribution in [3.8, 4) is 0 Å². The highest BCUT2D eigenvalue weighted by molar-refractivity contribution is 7.12. The summed E-state index contributed by atoms with van der Waals surface area (Å²) in [5.41, 5.74) is 2.56. The first-order chi connectivity index (χ1) is 13.6. The predicted molar refractivity (Wildman–Crippen MR) is 113 cm³/mol. The Hall–Kier alpha value is -2.34. The number of likely N-dealkylation sites (tertiary alicyclic amines) is 1. The highest BCUT2D eigenvalue weighted by Gasteiger charge is 2.32. The molecule has 2 aromatic rings. The molecule has 0 saturated carbocycles. The first kappa shape index (κ1) is 19.0. The Labute approximate surface area is 170 Å². The molecule has 2 amide bonds. The summed E-state index contributed by atoms with van der Waals surface area (Å²) < 4.78 is 0. The number of carbonyl (C=O) groups excluding carboxylic acids is 2. The van der Waals surface area contributed by atoms with Crippen molar-refractivity contribution in [1.82, 2.24) is 9.80 Å². The predicted octanol–water partition coefficient (Wildman–Crippen LogP) is 3.26. The van der Waals surface area contributed by atoms with E-state index in [0.717, 1.165) is 43.9 Å². The van der Waals surface area contributed by atoms with Crippen LogP contribution >= 0.6 is 11.3 Å². The molecule has 2 aliphatic rings. The third-order valence-corrected chi connectivity index (χ3v) is 6.77. The minimum absolute atomic E-state index is 0.0531. The van der Waals surface area contributed by atoms with Gasteiger partial charge >= 0.3 is 0 Å². The highest BCUT2D eigenvalue weighted by Crippen LogP contribution is 2.25. The standard InChI is InChI=1S/C22H27N3O2S/c1-17-5-2-3-6-19(17)23-12-14-25(15-13-23)21(26)18-8-10-24(11-9-18)22(27)20-7-4-16-28-20/h2-7,16,18H,8-15H2,1H3. The summed E-state index contributed by atoms with van der Waals surface area (Å²) in [5, 5.41) is 1.93. The van der Waals surface area contributed by atoms with Crippen molar-refractivity contribution < 1.29 is 9.59 Å². The molecule has 4 rings (SSSR count). The quantitative estimate of drug-likeness (QED) is 0.799. The lowest BCUT2D eigenvalue weighted by molar-refractivity contribution is -0.137. The minimum atomic E-state index is 0.0531. The molecule has 0 radical (unpaired) electrons. The van der Waals surface area contributed by atoms with Crippen molar-refractivity contribution in [2.75, 3.05) is 44.2 Å². The van der Waals surface area contributed by atoms with E-state index in [0.29, 0.717) is 13.1 Å². The van der Waals surface area contributed by atoms with Gasteiger partial charge in [0, 0.05) is 50.9 Å². The van der Waals surface area contributed by atoms with E-state index >= 15 is 0 Å². The molecule has 0 atom stereocenters. The second-order valence-corrected chi connectivity index (χ2v) is 8.59. The van der Waals surface area contributed by atoms with E-state index in [9.17, 15) is 9.59 Å². The van der Waals surface area contributed by atoms with Gasteiger partial charge in [-0.05, 0) is 42.8 Å². The number of hydrogen-bond acceptors (Lipinski definition) is 4.